The van der Waals surface area contributed by atoms with Gasteiger partial charge in [0.15, 0.2) is 0 Å². The first kappa shape index (κ1) is 17.2. The first-order valence-corrected chi connectivity index (χ1v) is 9.06. The highest BCUT2D eigenvalue weighted by molar-refractivity contribution is 9.10. The number of benzene rings is 1. The number of fused-ring (bicyclic) bond motifs is 1. The van der Waals surface area contributed by atoms with Crippen molar-refractivity contribution in [2.45, 2.75) is 31.8 Å². The fraction of sp³-hybridized carbons (Fsp3) is 0.529. The van der Waals surface area contributed by atoms with Gasteiger partial charge in [0.2, 0.25) is 11.8 Å². The minimum absolute atomic E-state index is 0.0442. The summed E-state index contributed by atoms with van der Waals surface area (Å²) in [7, 11) is 1.89. The quantitative estimate of drug-likeness (QED) is 0.731. The Morgan fingerprint density at radius 2 is 2.42 bits per heavy atom. The fourth-order valence-electron chi connectivity index (χ4n) is 2.84. The molecule has 1 aliphatic heterocycles. The second kappa shape index (κ2) is 7.98. The van der Waals surface area contributed by atoms with Crippen LogP contribution in [0.2, 0.25) is 0 Å². The molecular formula is C17H22BrN3O3. The first-order valence-electron chi connectivity index (χ1n) is 8.27. The van der Waals surface area contributed by atoms with Crippen LogP contribution in [0.25, 0.3) is 10.9 Å². The molecule has 0 unspecified atom stereocenters. The third kappa shape index (κ3) is 4.27. The highest BCUT2D eigenvalue weighted by Gasteiger charge is 2.16. The van der Waals surface area contributed by atoms with Crippen molar-refractivity contribution in [3.8, 4) is 5.88 Å². The molecule has 3 rings (SSSR count). The Morgan fingerprint density at radius 3 is 3.21 bits per heavy atom. The van der Waals surface area contributed by atoms with Gasteiger partial charge >= 0.3 is 0 Å². The molecule has 0 radical (unpaired) electrons. The van der Waals surface area contributed by atoms with E-state index in [0.717, 1.165) is 34.8 Å². The van der Waals surface area contributed by atoms with E-state index in [1.807, 2.05) is 25.2 Å². The summed E-state index contributed by atoms with van der Waals surface area (Å²) in [6.07, 6.45) is 3.40. The van der Waals surface area contributed by atoms with Crippen LogP contribution < -0.4 is 10.1 Å². The molecule has 1 aromatic heterocycles. The third-order valence-electron chi connectivity index (χ3n) is 4.12. The van der Waals surface area contributed by atoms with Crippen LogP contribution in [0.4, 0.5) is 0 Å². The summed E-state index contributed by atoms with van der Waals surface area (Å²) in [4.78, 5) is 11.8. The van der Waals surface area contributed by atoms with Gasteiger partial charge in [-0.2, -0.15) is 0 Å². The number of carbonyl (C=O) groups excluding carboxylic acids is 1. The lowest BCUT2D eigenvalue weighted by atomic mass is 10.2. The van der Waals surface area contributed by atoms with Gasteiger partial charge < -0.3 is 14.8 Å². The zero-order chi connectivity index (χ0) is 16.9. The SMILES string of the molecule is Cn1nc(OCCCC(=O)NC[C@@H]2CCCO2)c2cc(Br)ccc21. The van der Waals surface area contributed by atoms with Crippen LogP contribution in [0.15, 0.2) is 22.7 Å². The molecule has 6 nitrogen and oxygen atoms in total. The number of nitrogens with one attached hydrogen (secondary N) is 1. The molecule has 1 amide bonds. The topological polar surface area (TPSA) is 65.4 Å². The normalized spacial score (nSPS) is 17.3. The minimum Gasteiger partial charge on any atom is -0.476 e. The Bertz CT molecular complexity index is 710. The van der Waals surface area contributed by atoms with Crippen molar-refractivity contribution in [3.05, 3.63) is 22.7 Å². The predicted octanol–water partition coefficient (Wildman–Crippen LogP) is 2.79. The van der Waals surface area contributed by atoms with Crippen molar-refractivity contribution in [1.29, 1.82) is 0 Å². The highest BCUT2D eigenvalue weighted by atomic mass is 79.9. The molecule has 7 heteroatoms. The van der Waals surface area contributed by atoms with Crippen LogP contribution in [0.5, 0.6) is 5.88 Å². The molecule has 130 valence electrons. The lowest BCUT2D eigenvalue weighted by Crippen LogP contribution is -2.31. The Balaban J connectivity index is 1.43. The van der Waals surface area contributed by atoms with Gasteiger partial charge in [-0.05, 0) is 37.5 Å². The molecule has 1 aromatic carbocycles. The molecule has 1 fully saturated rings. The number of hydrogen-bond acceptors (Lipinski definition) is 4. The van der Waals surface area contributed by atoms with Crippen LogP contribution in [0.3, 0.4) is 0 Å². The van der Waals surface area contributed by atoms with Crippen molar-refractivity contribution in [2.75, 3.05) is 19.8 Å². The van der Waals surface area contributed by atoms with E-state index in [1.54, 1.807) is 4.68 Å². The number of amides is 1. The van der Waals surface area contributed by atoms with Crippen molar-refractivity contribution in [2.24, 2.45) is 7.05 Å². The summed E-state index contributed by atoms with van der Waals surface area (Å²) in [5.41, 5.74) is 1.02. The Kier molecular flexibility index (Phi) is 5.73. The number of halogens is 1. The van der Waals surface area contributed by atoms with Gasteiger partial charge in [0.05, 0.1) is 23.6 Å². The number of aromatic nitrogens is 2. The van der Waals surface area contributed by atoms with Crippen LogP contribution in [0.1, 0.15) is 25.7 Å². The van der Waals surface area contributed by atoms with Crippen LogP contribution in [-0.4, -0.2) is 41.6 Å². The van der Waals surface area contributed by atoms with E-state index >= 15 is 0 Å². The van der Waals surface area contributed by atoms with E-state index in [1.165, 1.54) is 0 Å². The van der Waals surface area contributed by atoms with Gasteiger partial charge in [-0.25, -0.2) is 0 Å². The maximum absolute atomic E-state index is 11.8. The van der Waals surface area contributed by atoms with E-state index in [-0.39, 0.29) is 12.0 Å². The van der Waals surface area contributed by atoms with Gasteiger partial charge in [-0.3, -0.25) is 9.48 Å². The van der Waals surface area contributed by atoms with E-state index in [2.05, 4.69) is 26.3 Å². The molecule has 0 saturated carbocycles. The van der Waals surface area contributed by atoms with Crippen molar-refractivity contribution in [3.63, 3.8) is 0 Å². The lowest BCUT2D eigenvalue weighted by Gasteiger charge is -2.10. The summed E-state index contributed by atoms with van der Waals surface area (Å²) in [5.74, 6) is 0.649. The van der Waals surface area contributed by atoms with Gasteiger partial charge in [0.1, 0.15) is 0 Å². The summed E-state index contributed by atoms with van der Waals surface area (Å²) < 4.78 is 14.0. The number of ether oxygens (including phenoxy) is 2. The molecule has 0 spiro atoms. The summed E-state index contributed by atoms with van der Waals surface area (Å²) in [6.45, 7) is 1.88. The van der Waals surface area contributed by atoms with Crippen LogP contribution >= 0.6 is 15.9 Å². The van der Waals surface area contributed by atoms with Crippen molar-refractivity contribution in [1.82, 2.24) is 15.1 Å². The first-order chi connectivity index (χ1) is 11.6. The average Bonchev–Trinajstić information content (AvgIpc) is 3.18. The molecule has 1 saturated heterocycles. The van der Waals surface area contributed by atoms with E-state index < -0.39 is 0 Å². The zero-order valence-electron chi connectivity index (χ0n) is 13.8. The summed E-state index contributed by atoms with van der Waals surface area (Å²) in [5, 5.41) is 8.28. The number of hydrogen-bond donors (Lipinski definition) is 1. The maximum Gasteiger partial charge on any atom is 0.240 e. The van der Waals surface area contributed by atoms with E-state index in [9.17, 15) is 4.79 Å². The van der Waals surface area contributed by atoms with Crippen molar-refractivity contribution < 1.29 is 14.3 Å². The number of nitrogens with zero attached hydrogens (tertiary/aromatic N) is 2. The predicted molar refractivity (Wildman–Crippen MR) is 95.1 cm³/mol. The Hall–Kier alpha value is -1.60. The highest BCUT2D eigenvalue weighted by Crippen LogP contribution is 2.27. The largest absolute Gasteiger partial charge is 0.476 e. The lowest BCUT2D eigenvalue weighted by molar-refractivity contribution is -0.121. The van der Waals surface area contributed by atoms with Gasteiger partial charge in [-0.1, -0.05) is 15.9 Å². The molecule has 24 heavy (non-hydrogen) atoms. The monoisotopic (exact) mass is 395 g/mol. The number of aryl methyl sites for hydroxylation is 1. The molecular weight excluding hydrogens is 374 g/mol. The fourth-order valence-corrected chi connectivity index (χ4v) is 3.20. The maximum atomic E-state index is 11.8. The smallest absolute Gasteiger partial charge is 0.240 e. The second-order valence-electron chi connectivity index (χ2n) is 5.98. The van der Waals surface area contributed by atoms with Crippen LogP contribution in [-0.2, 0) is 16.6 Å². The van der Waals surface area contributed by atoms with E-state index in [0.29, 0.717) is 31.9 Å². The summed E-state index contributed by atoms with van der Waals surface area (Å²) >= 11 is 3.47. The van der Waals surface area contributed by atoms with Crippen LogP contribution in [0, 0.1) is 0 Å². The van der Waals surface area contributed by atoms with Gasteiger partial charge in [0, 0.05) is 31.1 Å². The number of rotatable bonds is 7. The average molecular weight is 396 g/mol. The molecule has 1 N–H and O–H groups in total. The molecule has 1 aliphatic rings. The molecule has 2 heterocycles. The van der Waals surface area contributed by atoms with Gasteiger partial charge in [-0.15, -0.1) is 5.10 Å². The molecule has 2 aromatic rings. The van der Waals surface area contributed by atoms with E-state index in [4.69, 9.17) is 9.47 Å². The molecule has 0 aliphatic carbocycles. The van der Waals surface area contributed by atoms with Crippen molar-refractivity contribution >= 4 is 32.7 Å². The number of carbonyl (C=O) groups is 1. The standard InChI is InChI=1S/C17H22BrN3O3/c1-21-15-7-6-12(18)10-14(15)17(20-21)24-9-3-5-16(22)19-11-13-4-2-8-23-13/h6-7,10,13H,2-5,8-9,11H2,1H3,(H,19,22)/t13-/m0/s1. The second-order valence-corrected chi connectivity index (χ2v) is 6.90. The molecule has 1 atom stereocenters. The third-order valence-corrected chi connectivity index (χ3v) is 4.61. The minimum atomic E-state index is 0.0442. The zero-order valence-corrected chi connectivity index (χ0v) is 15.3. The Morgan fingerprint density at radius 1 is 1.54 bits per heavy atom. The molecule has 0 bridgehead atoms. The Labute approximate surface area is 149 Å². The van der Waals surface area contributed by atoms with Gasteiger partial charge in [0.25, 0.3) is 0 Å². The summed E-state index contributed by atoms with van der Waals surface area (Å²) in [6, 6.07) is 5.97.